The van der Waals surface area contributed by atoms with Gasteiger partial charge in [-0.15, -0.1) is 0 Å². The summed E-state index contributed by atoms with van der Waals surface area (Å²) in [5, 5.41) is 3.02. The summed E-state index contributed by atoms with van der Waals surface area (Å²) in [6, 6.07) is 7.88. The molecule has 1 amide bonds. The first-order valence-electron chi connectivity index (χ1n) is 8.87. The van der Waals surface area contributed by atoms with Gasteiger partial charge in [-0.25, -0.2) is 4.98 Å². The second kappa shape index (κ2) is 8.26. The molecule has 0 spiro atoms. The SMILES string of the molecule is CCN1CCN(CCCNC(=O)Cn2cnc3ccccc32)CC1. The molecular formula is C18H27N5O. The van der Waals surface area contributed by atoms with Crippen molar-refractivity contribution < 1.29 is 4.79 Å². The van der Waals surface area contributed by atoms with Gasteiger partial charge in [0.25, 0.3) is 0 Å². The van der Waals surface area contributed by atoms with Gasteiger partial charge in [-0.2, -0.15) is 0 Å². The average Bonchev–Trinajstić information content (AvgIpc) is 3.02. The lowest BCUT2D eigenvalue weighted by molar-refractivity contribution is -0.121. The van der Waals surface area contributed by atoms with Crippen LogP contribution in [0.15, 0.2) is 30.6 Å². The minimum Gasteiger partial charge on any atom is -0.355 e. The number of hydrogen-bond donors (Lipinski definition) is 1. The first-order valence-corrected chi connectivity index (χ1v) is 8.87. The van der Waals surface area contributed by atoms with Crippen LogP contribution in [0.3, 0.4) is 0 Å². The van der Waals surface area contributed by atoms with Crippen LogP contribution in [0.1, 0.15) is 13.3 Å². The van der Waals surface area contributed by atoms with E-state index in [1.807, 2.05) is 28.8 Å². The summed E-state index contributed by atoms with van der Waals surface area (Å²) in [6.07, 6.45) is 2.74. The molecule has 130 valence electrons. The van der Waals surface area contributed by atoms with Crippen molar-refractivity contribution in [3.63, 3.8) is 0 Å². The highest BCUT2D eigenvalue weighted by molar-refractivity contribution is 5.80. The van der Waals surface area contributed by atoms with E-state index in [0.717, 1.165) is 63.3 Å². The van der Waals surface area contributed by atoms with Gasteiger partial charge in [-0.1, -0.05) is 19.1 Å². The topological polar surface area (TPSA) is 53.4 Å². The molecule has 3 rings (SSSR count). The number of carbonyl (C=O) groups excluding carboxylic acids is 1. The molecule has 1 N–H and O–H groups in total. The molecule has 24 heavy (non-hydrogen) atoms. The first-order chi connectivity index (χ1) is 11.8. The number of piperazine rings is 1. The molecule has 0 aliphatic carbocycles. The number of nitrogens with one attached hydrogen (secondary N) is 1. The quantitative estimate of drug-likeness (QED) is 0.775. The van der Waals surface area contributed by atoms with Crippen LogP contribution in [0.2, 0.25) is 0 Å². The van der Waals surface area contributed by atoms with Gasteiger partial charge in [0.1, 0.15) is 6.54 Å². The van der Waals surface area contributed by atoms with Gasteiger partial charge in [0, 0.05) is 32.7 Å². The normalized spacial score (nSPS) is 16.5. The van der Waals surface area contributed by atoms with Crippen molar-refractivity contribution in [2.45, 2.75) is 19.9 Å². The number of rotatable bonds is 7. The van der Waals surface area contributed by atoms with Crippen molar-refractivity contribution in [1.82, 2.24) is 24.7 Å². The molecular weight excluding hydrogens is 302 g/mol. The van der Waals surface area contributed by atoms with Crippen LogP contribution < -0.4 is 5.32 Å². The Morgan fingerprint density at radius 2 is 1.92 bits per heavy atom. The maximum atomic E-state index is 12.1. The molecule has 1 aliphatic rings. The zero-order valence-corrected chi connectivity index (χ0v) is 14.4. The summed E-state index contributed by atoms with van der Waals surface area (Å²) in [5.41, 5.74) is 1.93. The highest BCUT2D eigenvalue weighted by Crippen LogP contribution is 2.11. The predicted molar refractivity (Wildman–Crippen MR) is 95.9 cm³/mol. The number of para-hydroxylation sites is 2. The van der Waals surface area contributed by atoms with Gasteiger partial charge in [0.2, 0.25) is 5.91 Å². The molecule has 0 unspecified atom stereocenters. The highest BCUT2D eigenvalue weighted by atomic mass is 16.1. The third-order valence-electron chi connectivity index (χ3n) is 4.73. The predicted octanol–water partition coefficient (Wildman–Crippen LogP) is 1.18. The van der Waals surface area contributed by atoms with Crippen molar-refractivity contribution in [3.8, 4) is 0 Å². The second-order valence-corrected chi connectivity index (χ2v) is 6.34. The highest BCUT2D eigenvalue weighted by Gasteiger charge is 2.14. The van der Waals surface area contributed by atoms with E-state index in [-0.39, 0.29) is 5.91 Å². The third kappa shape index (κ3) is 4.33. The molecule has 1 fully saturated rings. The fourth-order valence-electron chi connectivity index (χ4n) is 3.21. The maximum Gasteiger partial charge on any atom is 0.239 e. The number of nitrogens with zero attached hydrogens (tertiary/aromatic N) is 4. The Kier molecular flexibility index (Phi) is 5.82. The Morgan fingerprint density at radius 3 is 2.71 bits per heavy atom. The van der Waals surface area contributed by atoms with Crippen LogP contribution >= 0.6 is 0 Å². The molecule has 1 saturated heterocycles. The zero-order valence-electron chi connectivity index (χ0n) is 14.4. The summed E-state index contributed by atoms with van der Waals surface area (Å²) >= 11 is 0. The van der Waals surface area contributed by atoms with Gasteiger partial charge in [-0.05, 0) is 31.6 Å². The summed E-state index contributed by atoms with van der Waals surface area (Å²) in [6.45, 7) is 10.1. The molecule has 2 heterocycles. The standard InChI is InChI=1S/C18H27N5O/c1-2-21-10-12-22(13-11-21)9-5-8-19-18(24)14-23-15-20-16-6-3-4-7-17(16)23/h3-4,6-7,15H,2,5,8-14H2,1H3,(H,19,24). The minimum atomic E-state index is 0.0500. The Morgan fingerprint density at radius 1 is 1.17 bits per heavy atom. The summed E-state index contributed by atoms with van der Waals surface area (Å²) in [5.74, 6) is 0.0500. The fourth-order valence-corrected chi connectivity index (χ4v) is 3.21. The third-order valence-corrected chi connectivity index (χ3v) is 4.73. The molecule has 0 radical (unpaired) electrons. The van der Waals surface area contributed by atoms with Gasteiger partial charge in [0.15, 0.2) is 0 Å². The van der Waals surface area contributed by atoms with Crippen LogP contribution in [-0.4, -0.2) is 71.1 Å². The van der Waals surface area contributed by atoms with E-state index in [2.05, 4.69) is 27.0 Å². The van der Waals surface area contributed by atoms with E-state index in [0.29, 0.717) is 6.54 Å². The smallest absolute Gasteiger partial charge is 0.239 e. The van der Waals surface area contributed by atoms with Crippen molar-refractivity contribution >= 4 is 16.9 Å². The number of benzene rings is 1. The Balaban J connectivity index is 1.36. The number of aromatic nitrogens is 2. The molecule has 0 atom stereocenters. The van der Waals surface area contributed by atoms with Crippen LogP contribution in [0, 0.1) is 0 Å². The van der Waals surface area contributed by atoms with E-state index >= 15 is 0 Å². The van der Waals surface area contributed by atoms with Gasteiger partial charge in [-0.3, -0.25) is 4.79 Å². The van der Waals surface area contributed by atoms with E-state index in [1.165, 1.54) is 0 Å². The van der Waals surface area contributed by atoms with E-state index in [4.69, 9.17) is 0 Å². The van der Waals surface area contributed by atoms with E-state index < -0.39 is 0 Å². The molecule has 6 heteroatoms. The first kappa shape index (κ1) is 16.9. The second-order valence-electron chi connectivity index (χ2n) is 6.34. The molecule has 1 aliphatic heterocycles. The number of imidazole rings is 1. The van der Waals surface area contributed by atoms with Crippen LogP contribution in [-0.2, 0) is 11.3 Å². The van der Waals surface area contributed by atoms with E-state index in [9.17, 15) is 4.79 Å². The van der Waals surface area contributed by atoms with Gasteiger partial charge < -0.3 is 19.7 Å². The Labute approximate surface area is 143 Å². The molecule has 0 saturated carbocycles. The van der Waals surface area contributed by atoms with Gasteiger partial charge in [0.05, 0.1) is 17.4 Å². The number of likely N-dealkylation sites (N-methyl/N-ethyl adjacent to an activating group) is 1. The summed E-state index contributed by atoms with van der Waals surface area (Å²) in [7, 11) is 0. The fraction of sp³-hybridized carbons (Fsp3) is 0.556. The zero-order chi connectivity index (χ0) is 16.8. The van der Waals surface area contributed by atoms with Crippen LogP contribution in [0.25, 0.3) is 11.0 Å². The lowest BCUT2D eigenvalue weighted by atomic mass is 10.3. The molecule has 1 aromatic heterocycles. The van der Waals surface area contributed by atoms with Crippen molar-refractivity contribution in [2.75, 3.05) is 45.8 Å². The largest absolute Gasteiger partial charge is 0.355 e. The maximum absolute atomic E-state index is 12.1. The number of hydrogen-bond acceptors (Lipinski definition) is 4. The Bertz CT molecular complexity index is 660. The molecule has 0 bridgehead atoms. The lowest BCUT2D eigenvalue weighted by Gasteiger charge is -2.33. The number of fused-ring (bicyclic) bond motifs is 1. The van der Waals surface area contributed by atoms with Crippen LogP contribution in [0.5, 0.6) is 0 Å². The summed E-state index contributed by atoms with van der Waals surface area (Å²) in [4.78, 5) is 21.4. The van der Waals surface area contributed by atoms with Crippen molar-refractivity contribution in [3.05, 3.63) is 30.6 Å². The molecule has 1 aromatic carbocycles. The minimum absolute atomic E-state index is 0.0500. The molecule has 6 nitrogen and oxygen atoms in total. The monoisotopic (exact) mass is 329 g/mol. The average molecular weight is 329 g/mol. The van der Waals surface area contributed by atoms with E-state index in [1.54, 1.807) is 6.33 Å². The van der Waals surface area contributed by atoms with Crippen molar-refractivity contribution in [2.24, 2.45) is 0 Å². The number of carbonyl (C=O) groups is 1. The number of amides is 1. The Hall–Kier alpha value is -1.92. The molecule has 2 aromatic rings. The van der Waals surface area contributed by atoms with Crippen LogP contribution in [0.4, 0.5) is 0 Å². The van der Waals surface area contributed by atoms with Crippen molar-refractivity contribution in [1.29, 1.82) is 0 Å². The lowest BCUT2D eigenvalue weighted by Crippen LogP contribution is -2.46. The van der Waals surface area contributed by atoms with Gasteiger partial charge >= 0.3 is 0 Å². The summed E-state index contributed by atoms with van der Waals surface area (Å²) < 4.78 is 1.90.